The van der Waals surface area contributed by atoms with E-state index >= 15 is 0 Å². The van der Waals surface area contributed by atoms with Gasteiger partial charge in [-0.05, 0) is 12.8 Å². The minimum Gasteiger partial charge on any atom is -0.375 e. The second kappa shape index (κ2) is 6.99. The van der Waals surface area contributed by atoms with Crippen LogP contribution >= 0.6 is 11.3 Å². The van der Waals surface area contributed by atoms with E-state index in [0.29, 0.717) is 18.2 Å². The van der Waals surface area contributed by atoms with Gasteiger partial charge in [-0.2, -0.15) is 5.10 Å². The quantitative estimate of drug-likeness (QED) is 0.732. The molecule has 3 N–H and O–H groups in total. The predicted octanol–water partition coefficient (Wildman–Crippen LogP) is 0.702. The van der Waals surface area contributed by atoms with Gasteiger partial charge in [0.25, 0.3) is 0 Å². The van der Waals surface area contributed by atoms with E-state index in [1.54, 1.807) is 11.0 Å². The highest BCUT2D eigenvalue weighted by Gasteiger charge is 2.13. The Kier molecular flexibility index (Phi) is 5.05. The van der Waals surface area contributed by atoms with Crippen LogP contribution in [0.3, 0.4) is 0 Å². The van der Waals surface area contributed by atoms with Gasteiger partial charge in [0.15, 0.2) is 5.13 Å². The van der Waals surface area contributed by atoms with Crippen LogP contribution in [0.5, 0.6) is 0 Å². The monoisotopic (exact) mass is 294 g/mol. The van der Waals surface area contributed by atoms with Crippen molar-refractivity contribution in [1.29, 1.82) is 0 Å². The number of aromatic nitrogens is 4. The van der Waals surface area contributed by atoms with E-state index in [9.17, 15) is 4.79 Å². The second-order valence-electron chi connectivity index (χ2n) is 4.59. The molecule has 0 saturated heterocycles. The van der Waals surface area contributed by atoms with Crippen LogP contribution in [-0.4, -0.2) is 32.2 Å². The van der Waals surface area contributed by atoms with E-state index in [4.69, 9.17) is 5.73 Å². The Hall–Kier alpha value is -1.96. The van der Waals surface area contributed by atoms with Crippen LogP contribution in [0.4, 0.5) is 5.13 Å². The van der Waals surface area contributed by atoms with Crippen molar-refractivity contribution in [1.82, 2.24) is 25.1 Å². The molecule has 0 unspecified atom stereocenters. The molecule has 7 nitrogen and oxygen atoms in total. The molecule has 0 saturated carbocycles. The van der Waals surface area contributed by atoms with E-state index in [1.165, 1.54) is 17.7 Å². The molecule has 1 atom stereocenters. The predicted molar refractivity (Wildman–Crippen MR) is 77.0 cm³/mol. The molecule has 2 rings (SSSR count). The van der Waals surface area contributed by atoms with Gasteiger partial charge in [0, 0.05) is 11.9 Å². The van der Waals surface area contributed by atoms with Gasteiger partial charge < -0.3 is 11.1 Å². The zero-order valence-corrected chi connectivity index (χ0v) is 12.1. The summed E-state index contributed by atoms with van der Waals surface area (Å²) in [6.07, 6.45) is 4.75. The molecule has 0 radical (unpaired) electrons. The standard InChI is InChI=1S/C12H18N6OS/c1-9(5-18-8-14-7-16-18)11(19)15-4-2-3-10-6-20-12(13)17-10/h6-9H,2-5H2,1H3,(H2,13,17)(H,15,19)/t9-/m0/s1. The number of thiazole rings is 1. The van der Waals surface area contributed by atoms with Crippen molar-refractivity contribution in [3.8, 4) is 0 Å². The number of anilines is 1. The number of amides is 1. The molecule has 0 aliphatic rings. The summed E-state index contributed by atoms with van der Waals surface area (Å²) < 4.78 is 1.66. The summed E-state index contributed by atoms with van der Waals surface area (Å²) in [4.78, 5) is 19.9. The fourth-order valence-corrected chi connectivity index (χ4v) is 2.38. The first-order valence-electron chi connectivity index (χ1n) is 6.45. The van der Waals surface area contributed by atoms with Gasteiger partial charge in [-0.15, -0.1) is 11.3 Å². The Labute approximate surface area is 121 Å². The van der Waals surface area contributed by atoms with Gasteiger partial charge in [0.1, 0.15) is 12.7 Å². The highest BCUT2D eigenvalue weighted by Crippen LogP contribution is 2.12. The van der Waals surface area contributed by atoms with Gasteiger partial charge in [-0.1, -0.05) is 6.92 Å². The lowest BCUT2D eigenvalue weighted by molar-refractivity contribution is -0.124. The van der Waals surface area contributed by atoms with Gasteiger partial charge in [-0.3, -0.25) is 9.48 Å². The average Bonchev–Trinajstić information content (AvgIpc) is 3.06. The van der Waals surface area contributed by atoms with Crippen molar-refractivity contribution >= 4 is 22.4 Å². The first-order chi connectivity index (χ1) is 9.65. The lowest BCUT2D eigenvalue weighted by Gasteiger charge is -2.11. The Morgan fingerprint density at radius 2 is 2.45 bits per heavy atom. The highest BCUT2D eigenvalue weighted by molar-refractivity contribution is 7.13. The second-order valence-corrected chi connectivity index (χ2v) is 5.48. The third-order valence-corrected chi connectivity index (χ3v) is 3.58. The fourth-order valence-electron chi connectivity index (χ4n) is 1.78. The molecule has 108 valence electrons. The van der Waals surface area contributed by atoms with Crippen molar-refractivity contribution in [2.45, 2.75) is 26.3 Å². The summed E-state index contributed by atoms with van der Waals surface area (Å²) in [5.41, 5.74) is 6.54. The Morgan fingerprint density at radius 1 is 1.60 bits per heavy atom. The fraction of sp³-hybridized carbons (Fsp3) is 0.500. The van der Waals surface area contributed by atoms with Crippen LogP contribution in [0.2, 0.25) is 0 Å². The molecule has 20 heavy (non-hydrogen) atoms. The average molecular weight is 294 g/mol. The van der Waals surface area contributed by atoms with Crippen LogP contribution in [0.25, 0.3) is 0 Å². The highest BCUT2D eigenvalue weighted by atomic mass is 32.1. The number of carbonyl (C=O) groups excluding carboxylic acids is 1. The van der Waals surface area contributed by atoms with Crippen LogP contribution in [-0.2, 0) is 17.8 Å². The number of aryl methyl sites for hydroxylation is 1. The molecular weight excluding hydrogens is 276 g/mol. The van der Waals surface area contributed by atoms with E-state index in [2.05, 4.69) is 20.4 Å². The minimum absolute atomic E-state index is 0.0262. The van der Waals surface area contributed by atoms with E-state index < -0.39 is 0 Å². The molecule has 0 aliphatic heterocycles. The number of nitrogen functional groups attached to an aromatic ring is 1. The molecule has 0 aromatic carbocycles. The first-order valence-corrected chi connectivity index (χ1v) is 7.33. The largest absolute Gasteiger partial charge is 0.375 e. The number of nitrogens with one attached hydrogen (secondary N) is 1. The molecule has 2 aromatic heterocycles. The molecule has 0 bridgehead atoms. The Bertz CT molecular complexity index is 538. The molecule has 1 amide bonds. The number of nitrogens with two attached hydrogens (primary N) is 1. The van der Waals surface area contributed by atoms with Gasteiger partial charge in [0.2, 0.25) is 5.91 Å². The topological polar surface area (TPSA) is 98.7 Å². The summed E-state index contributed by atoms with van der Waals surface area (Å²) in [7, 11) is 0. The lowest BCUT2D eigenvalue weighted by Crippen LogP contribution is -2.32. The summed E-state index contributed by atoms with van der Waals surface area (Å²) in [5, 5.41) is 9.44. The molecule has 2 aromatic rings. The number of hydrogen-bond donors (Lipinski definition) is 2. The summed E-state index contributed by atoms with van der Waals surface area (Å²) in [5.74, 6) is -0.107. The maximum atomic E-state index is 11.9. The third-order valence-electron chi connectivity index (χ3n) is 2.85. The van der Waals surface area contributed by atoms with Crippen molar-refractivity contribution in [2.75, 3.05) is 12.3 Å². The third kappa shape index (κ3) is 4.30. The molecule has 0 fully saturated rings. The lowest BCUT2D eigenvalue weighted by atomic mass is 10.1. The van der Waals surface area contributed by atoms with Crippen molar-refractivity contribution in [3.05, 3.63) is 23.7 Å². The minimum atomic E-state index is -0.133. The zero-order chi connectivity index (χ0) is 14.4. The summed E-state index contributed by atoms with van der Waals surface area (Å²) >= 11 is 1.44. The van der Waals surface area contributed by atoms with Gasteiger partial charge in [0.05, 0.1) is 18.2 Å². The molecule has 2 heterocycles. The number of carbonyl (C=O) groups is 1. The van der Waals surface area contributed by atoms with E-state index in [1.807, 2.05) is 12.3 Å². The summed E-state index contributed by atoms with van der Waals surface area (Å²) in [6.45, 7) is 3.05. The van der Waals surface area contributed by atoms with Gasteiger partial charge >= 0.3 is 0 Å². The maximum absolute atomic E-state index is 11.9. The van der Waals surface area contributed by atoms with E-state index in [0.717, 1.165) is 18.5 Å². The normalized spacial score (nSPS) is 12.2. The zero-order valence-electron chi connectivity index (χ0n) is 11.3. The molecule has 0 aliphatic carbocycles. The van der Waals surface area contributed by atoms with Gasteiger partial charge in [-0.25, -0.2) is 9.97 Å². The van der Waals surface area contributed by atoms with Crippen molar-refractivity contribution in [2.24, 2.45) is 5.92 Å². The van der Waals surface area contributed by atoms with Crippen LogP contribution in [0.15, 0.2) is 18.0 Å². The summed E-state index contributed by atoms with van der Waals surface area (Å²) in [6, 6.07) is 0. The van der Waals surface area contributed by atoms with Crippen molar-refractivity contribution in [3.63, 3.8) is 0 Å². The Balaban J connectivity index is 1.64. The molecule has 8 heteroatoms. The smallest absolute Gasteiger partial charge is 0.224 e. The van der Waals surface area contributed by atoms with Crippen LogP contribution in [0, 0.1) is 5.92 Å². The number of nitrogens with zero attached hydrogens (tertiary/aromatic N) is 4. The molecule has 0 spiro atoms. The Morgan fingerprint density at radius 3 is 3.10 bits per heavy atom. The number of hydrogen-bond acceptors (Lipinski definition) is 6. The molecular formula is C12H18N6OS. The van der Waals surface area contributed by atoms with Crippen LogP contribution in [0.1, 0.15) is 19.0 Å². The SMILES string of the molecule is C[C@@H](Cn1cncn1)C(=O)NCCCc1csc(N)n1. The first kappa shape index (κ1) is 14.4. The van der Waals surface area contributed by atoms with Crippen molar-refractivity contribution < 1.29 is 4.79 Å². The van der Waals surface area contributed by atoms with Crippen LogP contribution < -0.4 is 11.1 Å². The van der Waals surface area contributed by atoms with E-state index in [-0.39, 0.29) is 11.8 Å². The number of rotatable bonds is 7. The maximum Gasteiger partial charge on any atom is 0.224 e.